The topological polar surface area (TPSA) is 29.5 Å². The van der Waals surface area contributed by atoms with Crippen LogP contribution in [0, 0.1) is 6.92 Å². The van der Waals surface area contributed by atoms with Gasteiger partial charge in [-0.15, -0.1) is 0 Å². The van der Waals surface area contributed by atoms with Crippen LogP contribution in [0.5, 0.6) is 5.75 Å². The van der Waals surface area contributed by atoms with Gasteiger partial charge in [-0.1, -0.05) is 38.3 Å². The maximum Gasteiger partial charge on any atom is 0.125 e. The highest BCUT2D eigenvalue weighted by Crippen LogP contribution is 2.26. The van der Waals surface area contributed by atoms with Crippen LogP contribution in [0.15, 0.2) is 18.2 Å². The van der Waals surface area contributed by atoms with Crippen LogP contribution in [-0.4, -0.2) is 11.7 Å². The Morgan fingerprint density at radius 1 is 1.24 bits per heavy atom. The van der Waals surface area contributed by atoms with Crippen molar-refractivity contribution in [3.05, 3.63) is 29.3 Å². The summed E-state index contributed by atoms with van der Waals surface area (Å²) in [6.07, 6.45) is 4.33. The van der Waals surface area contributed by atoms with Crippen LogP contribution in [0.1, 0.15) is 56.8 Å². The van der Waals surface area contributed by atoms with Crippen molar-refractivity contribution in [3.63, 3.8) is 0 Å². The van der Waals surface area contributed by atoms with Crippen LogP contribution in [0.3, 0.4) is 0 Å². The van der Waals surface area contributed by atoms with Crippen molar-refractivity contribution in [1.82, 2.24) is 0 Å². The monoisotopic (exact) mass is 236 g/mol. The predicted molar refractivity (Wildman–Crippen MR) is 71.4 cm³/mol. The highest BCUT2D eigenvalue weighted by Gasteiger charge is 2.08. The molecule has 0 heterocycles. The molecule has 2 nitrogen and oxygen atoms in total. The van der Waals surface area contributed by atoms with Gasteiger partial charge in [-0.3, -0.25) is 0 Å². The van der Waals surface area contributed by atoms with Gasteiger partial charge < -0.3 is 9.84 Å². The Hall–Kier alpha value is -1.02. The van der Waals surface area contributed by atoms with E-state index in [2.05, 4.69) is 6.92 Å². The Labute approximate surface area is 105 Å². The van der Waals surface area contributed by atoms with Gasteiger partial charge in [-0.05, 0) is 31.9 Å². The molecular formula is C15H24O2. The summed E-state index contributed by atoms with van der Waals surface area (Å²) in [5.41, 5.74) is 2.05. The molecule has 0 spiro atoms. The zero-order valence-electron chi connectivity index (χ0n) is 11.2. The molecule has 0 bridgehead atoms. The fourth-order valence-corrected chi connectivity index (χ4v) is 1.82. The fraction of sp³-hybridized carbons (Fsp3) is 0.600. The van der Waals surface area contributed by atoms with Gasteiger partial charge >= 0.3 is 0 Å². The van der Waals surface area contributed by atoms with Crippen LogP contribution in [-0.2, 0) is 0 Å². The number of hydrogen-bond donors (Lipinski definition) is 1. The van der Waals surface area contributed by atoms with Crippen molar-refractivity contribution in [3.8, 4) is 5.75 Å². The summed E-state index contributed by atoms with van der Waals surface area (Å²) in [4.78, 5) is 0. The Morgan fingerprint density at radius 3 is 2.65 bits per heavy atom. The van der Waals surface area contributed by atoms with Crippen LogP contribution < -0.4 is 4.74 Å². The Morgan fingerprint density at radius 2 is 2.00 bits per heavy atom. The molecule has 17 heavy (non-hydrogen) atoms. The molecule has 0 aliphatic rings. The smallest absolute Gasteiger partial charge is 0.125 e. The minimum absolute atomic E-state index is 0.471. The summed E-state index contributed by atoms with van der Waals surface area (Å²) in [5.74, 6) is 0.830. The maximum absolute atomic E-state index is 9.66. The molecule has 96 valence electrons. The van der Waals surface area contributed by atoms with Crippen LogP contribution in [0.4, 0.5) is 0 Å². The van der Waals surface area contributed by atoms with E-state index in [1.807, 2.05) is 25.1 Å². The first-order valence-corrected chi connectivity index (χ1v) is 6.56. The molecule has 0 aliphatic carbocycles. The molecule has 0 saturated carbocycles. The average molecular weight is 236 g/mol. The molecule has 0 aliphatic heterocycles. The molecule has 1 N–H and O–H groups in total. The van der Waals surface area contributed by atoms with Crippen molar-refractivity contribution in [2.75, 3.05) is 6.61 Å². The van der Waals surface area contributed by atoms with Gasteiger partial charge in [0, 0.05) is 5.56 Å². The molecule has 1 aromatic rings. The zero-order valence-corrected chi connectivity index (χ0v) is 11.2. The highest BCUT2D eigenvalue weighted by molar-refractivity contribution is 5.38. The molecule has 0 amide bonds. The molecule has 1 atom stereocenters. The molecule has 0 saturated heterocycles. The number of aliphatic hydroxyl groups excluding tert-OH is 1. The van der Waals surface area contributed by atoms with Crippen molar-refractivity contribution < 1.29 is 9.84 Å². The molecule has 0 aromatic heterocycles. The lowest BCUT2D eigenvalue weighted by Gasteiger charge is -2.14. The fourth-order valence-electron chi connectivity index (χ4n) is 1.82. The van der Waals surface area contributed by atoms with E-state index in [1.54, 1.807) is 6.92 Å². The molecule has 0 unspecified atom stereocenters. The van der Waals surface area contributed by atoms with Crippen LogP contribution in [0.25, 0.3) is 0 Å². The number of unbranched alkanes of at least 4 members (excludes halogenated alkanes) is 3. The summed E-state index contributed by atoms with van der Waals surface area (Å²) in [6.45, 7) is 6.75. The van der Waals surface area contributed by atoms with Crippen molar-refractivity contribution in [1.29, 1.82) is 0 Å². The minimum atomic E-state index is -0.471. The molecule has 2 heteroatoms. The number of rotatable bonds is 7. The number of hydrogen-bond acceptors (Lipinski definition) is 2. The van der Waals surface area contributed by atoms with Crippen molar-refractivity contribution in [2.24, 2.45) is 0 Å². The van der Waals surface area contributed by atoms with Gasteiger partial charge in [0.1, 0.15) is 5.75 Å². The molecule has 0 radical (unpaired) electrons. The van der Waals surface area contributed by atoms with E-state index < -0.39 is 6.10 Å². The first kappa shape index (κ1) is 14.0. The first-order chi connectivity index (χ1) is 8.15. The normalized spacial score (nSPS) is 12.5. The standard InChI is InChI=1S/C15H24O2/c1-4-5-6-7-10-17-15-11-12(2)8-9-14(15)13(3)16/h8-9,11,13,16H,4-7,10H2,1-3H3/t13-/m0/s1. The van der Waals surface area contributed by atoms with E-state index in [1.165, 1.54) is 19.3 Å². The van der Waals surface area contributed by atoms with E-state index in [0.717, 1.165) is 29.9 Å². The van der Waals surface area contributed by atoms with Gasteiger partial charge in [-0.25, -0.2) is 0 Å². The third-order valence-electron chi connectivity index (χ3n) is 2.87. The van der Waals surface area contributed by atoms with Crippen molar-refractivity contribution >= 4 is 0 Å². The van der Waals surface area contributed by atoms with E-state index in [4.69, 9.17) is 4.74 Å². The number of benzene rings is 1. The van der Waals surface area contributed by atoms with E-state index >= 15 is 0 Å². The Balaban J connectivity index is 2.53. The van der Waals surface area contributed by atoms with Crippen molar-refractivity contribution in [2.45, 2.75) is 52.6 Å². The third kappa shape index (κ3) is 4.78. The van der Waals surface area contributed by atoms with Gasteiger partial charge in [0.15, 0.2) is 0 Å². The SMILES string of the molecule is CCCCCCOc1cc(C)ccc1[C@H](C)O. The summed E-state index contributed by atoms with van der Waals surface area (Å²) < 4.78 is 5.77. The highest BCUT2D eigenvalue weighted by atomic mass is 16.5. The zero-order chi connectivity index (χ0) is 12.7. The van der Waals surface area contributed by atoms with Gasteiger partial charge in [0.25, 0.3) is 0 Å². The van der Waals surface area contributed by atoms with Gasteiger partial charge in [-0.2, -0.15) is 0 Å². The van der Waals surface area contributed by atoms with E-state index in [0.29, 0.717) is 0 Å². The van der Waals surface area contributed by atoms with Crippen LogP contribution >= 0.6 is 0 Å². The molecule has 0 fully saturated rings. The number of aliphatic hydroxyl groups is 1. The van der Waals surface area contributed by atoms with E-state index in [-0.39, 0.29) is 0 Å². The van der Waals surface area contributed by atoms with E-state index in [9.17, 15) is 5.11 Å². The maximum atomic E-state index is 9.66. The second-order valence-electron chi connectivity index (χ2n) is 4.63. The lowest BCUT2D eigenvalue weighted by atomic mass is 10.1. The van der Waals surface area contributed by atoms with Gasteiger partial charge in [0.05, 0.1) is 12.7 Å². The lowest BCUT2D eigenvalue weighted by Crippen LogP contribution is -2.02. The number of aryl methyl sites for hydroxylation is 1. The van der Waals surface area contributed by atoms with Crippen LogP contribution in [0.2, 0.25) is 0 Å². The largest absolute Gasteiger partial charge is 0.493 e. The summed E-state index contributed by atoms with van der Waals surface area (Å²) >= 11 is 0. The predicted octanol–water partition coefficient (Wildman–Crippen LogP) is 4.01. The summed E-state index contributed by atoms with van der Waals surface area (Å²) in [6, 6.07) is 5.95. The first-order valence-electron chi connectivity index (χ1n) is 6.56. The average Bonchev–Trinajstić information content (AvgIpc) is 2.28. The molecular weight excluding hydrogens is 212 g/mol. The second-order valence-corrected chi connectivity index (χ2v) is 4.63. The lowest BCUT2D eigenvalue weighted by molar-refractivity contribution is 0.190. The summed E-state index contributed by atoms with van der Waals surface area (Å²) in [5, 5.41) is 9.66. The molecule has 1 aromatic carbocycles. The Kier molecular flexibility index (Phi) is 6.06. The summed E-state index contributed by atoms with van der Waals surface area (Å²) in [7, 11) is 0. The second kappa shape index (κ2) is 7.33. The molecule has 1 rings (SSSR count). The number of ether oxygens (including phenoxy) is 1. The minimum Gasteiger partial charge on any atom is -0.493 e. The Bertz CT molecular complexity index is 332. The van der Waals surface area contributed by atoms with Gasteiger partial charge in [0.2, 0.25) is 0 Å². The third-order valence-corrected chi connectivity index (χ3v) is 2.87. The quantitative estimate of drug-likeness (QED) is 0.725.